The van der Waals surface area contributed by atoms with Crippen LogP contribution >= 0.6 is 24.0 Å². The van der Waals surface area contributed by atoms with Gasteiger partial charge in [-0.15, -0.1) is 24.0 Å². The number of nitrogens with zero attached hydrogens (tertiary/aromatic N) is 1. The lowest BCUT2D eigenvalue weighted by Crippen LogP contribution is -2.43. The van der Waals surface area contributed by atoms with Crippen LogP contribution in [-0.4, -0.2) is 40.9 Å². The first kappa shape index (κ1) is 24.9. The number of rotatable bonds is 8. The van der Waals surface area contributed by atoms with E-state index in [4.69, 9.17) is 14.2 Å². The third-order valence-electron chi connectivity index (χ3n) is 4.73. The van der Waals surface area contributed by atoms with Crippen molar-refractivity contribution < 1.29 is 14.2 Å². The van der Waals surface area contributed by atoms with Crippen molar-refractivity contribution in [1.82, 2.24) is 10.6 Å². The summed E-state index contributed by atoms with van der Waals surface area (Å²) in [6.07, 6.45) is 0. The molecule has 160 valence electrons. The molecule has 0 fully saturated rings. The number of hydrogen-bond donors (Lipinski definition) is 2. The number of halogens is 1. The van der Waals surface area contributed by atoms with Gasteiger partial charge in [0.2, 0.25) is 0 Å². The van der Waals surface area contributed by atoms with Crippen molar-refractivity contribution in [1.29, 1.82) is 0 Å². The minimum Gasteiger partial charge on any atom is -0.497 e. The Morgan fingerprint density at radius 2 is 1.52 bits per heavy atom. The summed E-state index contributed by atoms with van der Waals surface area (Å²) in [6.45, 7) is 5.72. The van der Waals surface area contributed by atoms with Gasteiger partial charge in [-0.25, -0.2) is 0 Å². The van der Waals surface area contributed by atoms with Gasteiger partial charge in [0.15, 0.2) is 5.96 Å². The first-order chi connectivity index (χ1) is 13.4. The van der Waals surface area contributed by atoms with E-state index in [0.717, 1.165) is 35.3 Å². The SMILES string of the molecule is CN=C(NCc1ccc(OC)cc1OC)NCC(C)(C)c1ccc(OC)cc1.I. The molecule has 0 saturated carbocycles. The van der Waals surface area contributed by atoms with Gasteiger partial charge in [0, 0.05) is 37.2 Å². The molecule has 0 aliphatic carbocycles. The minimum atomic E-state index is -0.0678. The van der Waals surface area contributed by atoms with Crippen molar-refractivity contribution in [3.05, 3.63) is 53.6 Å². The zero-order valence-corrected chi connectivity index (χ0v) is 20.4. The highest BCUT2D eigenvalue weighted by Crippen LogP contribution is 2.25. The topological polar surface area (TPSA) is 64.1 Å². The van der Waals surface area contributed by atoms with E-state index in [1.54, 1.807) is 28.4 Å². The molecular formula is C22H32IN3O3. The number of methoxy groups -OCH3 is 3. The lowest BCUT2D eigenvalue weighted by Gasteiger charge is -2.27. The zero-order valence-electron chi connectivity index (χ0n) is 18.0. The monoisotopic (exact) mass is 513 g/mol. The summed E-state index contributed by atoms with van der Waals surface area (Å²) >= 11 is 0. The summed E-state index contributed by atoms with van der Waals surface area (Å²) in [5.74, 6) is 3.14. The summed E-state index contributed by atoms with van der Waals surface area (Å²) in [4.78, 5) is 4.33. The number of aliphatic imine (C=N–C) groups is 1. The molecule has 0 aliphatic heterocycles. The summed E-state index contributed by atoms with van der Waals surface area (Å²) in [6, 6.07) is 13.9. The molecule has 0 spiro atoms. The molecular weight excluding hydrogens is 481 g/mol. The highest BCUT2D eigenvalue weighted by atomic mass is 127. The second-order valence-corrected chi connectivity index (χ2v) is 7.07. The second-order valence-electron chi connectivity index (χ2n) is 7.07. The maximum Gasteiger partial charge on any atom is 0.191 e. The van der Waals surface area contributed by atoms with Gasteiger partial charge < -0.3 is 24.8 Å². The van der Waals surface area contributed by atoms with Crippen molar-refractivity contribution in [3.8, 4) is 17.2 Å². The molecule has 0 saturated heterocycles. The first-order valence-corrected chi connectivity index (χ1v) is 9.23. The van der Waals surface area contributed by atoms with Crippen molar-refractivity contribution in [2.45, 2.75) is 25.8 Å². The normalized spacial score (nSPS) is 11.3. The lowest BCUT2D eigenvalue weighted by atomic mass is 9.84. The third-order valence-corrected chi connectivity index (χ3v) is 4.73. The van der Waals surface area contributed by atoms with Gasteiger partial charge in [-0.1, -0.05) is 26.0 Å². The van der Waals surface area contributed by atoms with E-state index in [1.807, 2.05) is 30.3 Å². The van der Waals surface area contributed by atoms with E-state index in [2.05, 4.69) is 41.6 Å². The standard InChI is InChI=1S/C22H31N3O3.HI/c1-22(2,17-8-11-18(26-4)12-9-17)15-25-21(23-3)24-14-16-7-10-19(27-5)13-20(16)28-6;/h7-13H,14-15H2,1-6H3,(H2,23,24,25);1H. The molecule has 2 aromatic rings. The number of guanidine groups is 1. The van der Waals surface area contributed by atoms with Crippen LogP contribution in [-0.2, 0) is 12.0 Å². The molecule has 7 heteroatoms. The van der Waals surface area contributed by atoms with Crippen LogP contribution in [0.15, 0.2) is 47.5 Å². The van der Waals surface area contributed by atoms with Crippen LogP contribution in [0.3, 0.4) is 0 Å². The maximum absolute atomic E-state index is 5.45. The van der Waals surface area contributed by atoms with Crippen molar-refractivity contribution in [2.24, 2.45) is 4.99 Å². The van der Waals surface area contributed by atoms with Crippen molar-refractivity contribution in [2.75, 3.05) is 34.9 Å². The van der Waals surface area contributed by atoms with Gasteiger partial charge in [0.25, 0.3) is 0 Å². The Labute approximate surface area is 191 Å². The molecule has 0 unspecified atom stereocenters. The van der Waals surface area contributed by atoms with Crippen LogP contribution in [0.2, 0.25) is 0 Å². The molecule has 29 heavy (non-hydrogen) atoms. The molecule has 0 amide bonds. The van der Waals surface area contributed by atoms with Crippen LogP contribution in [0.1, 0.15) is 25.0 Å². The highest BCUT2D eigenvalue weighted by Gasteiger charge is 2.21. The van der Waals surface area contributed by atoms with Gasteiger partial charge in [0.05, 0.1) is 21.3 Å². The average Bonchev–Trinajstić information content (AvgIpc) is 2.73. The fourth-order valence-electron chi connectivity index (χ4n) is 2.85. The molecule has 0 aromatic heterocycles. The van der Waals surface area contributed by atoms with Crippen LogP contribution in [0.25, 0.3) is 0 Å². The Kier molecular flexibility index (Phi) is 10.1. The van der Waals surface area contributed by atoms with Crippen LogP contribution in [0.4, 0.5) is 0 Å². The van der Waals surface area contributed by atoms with E-state index >= 15 is 0 Å². The minimum absolute atomic E-state index is 0. The Morgan fingerprint density at radius 3 is 2.07 bits per heavy atom. The summed E-state index contributed by atoms with van der Waals surface area (Å²) in [5.41, 5.74) is 2.19. The number of ether oxygens (including phenoxy) is 3. The molecule has 0 radical (unpaired) electrons. The Hall–Kier alpha value is -2.16. The second kappa shape index (κ2) is 11.7. The van der Waals surface area contributed by atoms with Crippen LogP contribution in [0.5, 0.6) is 17.2 Å². The molecule has 0 bridgehead atoms. The van der Waals surface area contributed by atoms with Gasteiger partial charge in [0.1, 0.15) is 17.2 Å². The fourth-order valence-corrected chi connectivity index (χ4v) is 2.85. The molecule has 0 aliphatic rings. The number of hydrogen-bond acceptors (Lipinski definition) is 4. The van der Waals surface area contributed by atoms with Gasteiger partial charge >= 0.3 is 0 Å². The predicted molar refractivity (Wildman–Crippen MR) is 129 cm³/mol. The van der Waals surface area contributed by atoms with E-state index in [9.17, 15) is 0 Å². The quantitative estimate of drug-likeness (QED) is 0.318. The van der Waals surface area contributed by atoms with Crippen molar-refractivity contribution in [3.63, 3.8) is 0 Å². The third kappa shape index (κ3) is 6.99. The van der Waals surface area contributed by atoms with E-state index in [0.29, 0.717) is 6.54 Å². The van der Waals surface area contributed by atoms with Gasteiger partial charge in [-0.05, 0) is 29.8 Å². The van der Waals surface area contributed by atoms with Crippen LogP contribution < -0.4 is 24.8 Å². The van der Waals surface area contributed by atoms with Gasteiger partial charge in [-0.2, -0.15) is 0 Å². The summed E-state index contributed by atoms with van der Waals surface area (Å²) in [5, 5.41) is 6.75. The molecule has 6 nitrogen and oxygen atoms in total. The lowest BCUT2D eigenvalue weighted by molar-refractivity contribution is 0.390. The number of benzene rings is 2. The summed E-state index contributed by atoms with van der Waals surface area (Å²) in [7, 11) is 6.74. The van der Waals surface area contributed by atoms with Gasteiger partial charge in [-0.3, -0.25) is 4.99 Å². The molecule has 2 aromatic carbocycles. The molecule has 2 N–H and O–H groups in total. The fraction of sp³-hybridized carbons (Fsp3) is 0.409. The van der Waals surface area contributed by atoms with E-state index in [1.165, 1.54) is 5.56 Å². The maximum atomic E-state index is 5.45. The average molecular weight is 513 g/mol. The van der Waals surface area contributed by atoms with E-state index < -0.39 is 0 Å². The molecule has 2 rings (SSSR count). The Morgan fingerprint density at radius 1 is 0.897 bits per heavy atom. The highest BCUT2D eigenvalue weighted by molar-refractivity contribution is 14.0. The van der Waals surface area contributed by atoms with Crippen LogP contribution in [0, 0.1) is 0 Å². The van der Waals surface area contributed by atoms with Crippen molar-refractivity contribution >= 4 is 29.9 Å². The first-order valence-electron chi connectivity index (χ1n) is 9.23. The smallest absolute Gasteiger partial charge is 0.191 e. The zero-order chi connectivity index (χ0) is 20.6. The Balaban J connectivity index is 0.00000420. The molecule has 0 atom stereocenters. The molecule has 0 heterocycles. The Bertz CT molecular complexity index is 792. The predicted octanol–water partition coefficient (Wildman–Crippen LogP) is 3.97. The number of nitrogens with one attached hydrogen (secondary N) is 2. The largest absolute Gasteiger partial charge is 0.497 e. The summed E-state index contributed by atoms with van der Waals surface area (Å²) < 4.78 is 15.9. The van der Waals surface area contributed by atoms with E-state index in [-0.39, 0.29) is 29.4 Å².